The van der Waals surface area contributed by atoms with E-state index < -0.39 is 24.0 Å². The van der Waals surface area contributed by atoms with E-state index in [1.807, 2.05) is 13.1 Å². The topological polar surface area (TPSA) is 164 Å². The molecule has 0 saturated carbocycles. The minimum absolute atomic E-state index is 0.0127. The molecule has 0 aliphatic carbocycles. The van der Waals surface area contributed by atoms with Crippen LogP contribution in [0.4, 0.5) is 0 Å². The number of aromatic hydroxyl groups is 2. The molecular formula is C32H46N6O5. The van der Waals surface area contributed by atoms with E-state index in [4.69, 9.17) is 0 Å². The van der Waals surface area contributed by atoms with Gasteiger partial charge in [-0.15, -0.1) is 0 Å². The van der Waals surface area contributed by atoms with E-state index in [9.17, 15) is 24.6 Å². The summed E-state index contributed by atoms with van der Waals surface area (Å²) in [6.07, 6.45) is 5.54. The SMILES string of the molecule is CNCCC[C@@H]1NC(=O)[C@@H](NC)Cc2cc(ccc2O)-c2ccc(O)c(c2)C[C@@H](C(=O)NCC2CCCCCN2)NC1=O. The Bertz CT molecular complexity index is 1260. The fourth-order valence-electron chi connectivity index (χ4n) is 5.75. The molecule has 1 fully saturated rings. The van der Waals surface area contributed by atoms with Crippen molar-refractivity contribution in [1.29, 1.82) is 0 Å². The van der Waals surface area contributed by atoms with E-state index in [0.717, 1.165) is 43.4 Å². The molecule has 0 aromatic heterocycles. The molecule has 4 rings (SSSR count). The number of carbonyl (C=O) groups is 3. The number of amides is 3. The van der Waals surface area contributed by atoms with E-state index in [-0.39, 0.29) is 42.2 Å². The molecular weight excluding hydrogens is 548 g/mol. The number of fused-ring (bicyclic) bond motifs is 5. The third-order valence-electron chi connectivity index (χ3n) is 8.38. The van der Waals surface area contributed by atoms with Gasteiger partial charge < -0.3 is 42.1 Å². The van der Waals surface area contributed by atoms with E-state index in [0.29, 0.717) is 37.1 Å². The molecule has 11 heteroatoms. The maximum Gasteiger partial charge on any atom is 0.243 e. The molecule has 2 aromatic rings. The van der Waals surface area contributed by atoms with Crippen LogP contribution in [0.3, 0.4) is 0 Å². The maximum absolute atomic E-state index is 13.7. The van der Waals surface area contributed by atoms with Gasteiger partial charge in [0.25, 0.3) is 0 Å². The van der Waals surface area contributed by atoms with Crippen molar-refractivity contribution in [3.8, 4) is 22.6 Å². The largest absolute Gasteiger partial charge is 0.508 e. The first-order valence-corrected chi connectivity index (χ1v) is 15.4. The van der Waals surface area contributed by atoms with Crippen LogP contribution >= 0.6 is 0 Å². The Kier molecular flexibility index (Phi) is 11.8. The zero-order valence-electron chi connectivity index (χ0n) is 25.2. The molecule has 1 saturated heterocycles. The Balaban J connectivity index is 1.69. The zero-order chi connectivity index (χ0) is 30.8. The van der Waals surface area contributed by atoms with Crippen molar-refractivity contribution >= 4 is 17.7 Å². The van der Waals surface area contributed by atoms with Crippen LogP contribution in [0.1, 0.15) is 49.7 Å². The number of nitrogens with one attached hydrogen (secondary N) is 6. The smallest absolute Gasteiger partial charge is 0.243 e. The lowest BCUT2D eigenvalue weighted by Crippen LogP contribution is -2.57. The van der Waals surface area contributed by atoms with Crippen molar-refractivity contribution in [2.24, 2.45) is 0 Å². The molecule has 4 bridgehead atoms. The number of likely N-dealkylation sites (N-methyl/N-ethyl adjacent to an activating group) is 1. The highest BCUT2D eigenvalue weighted by atomic mass is 16.3. The fourth-order valence-corrected chi connectivity index (χ4v) is 5.75. The molecule has 43 heavy (non-hydrogen) atoms. The van der Waals surface area contributed by atoms with Gasteiger partial charge in [-0.2, -0.15) is 0 Å². The predicted octanol–water partition coefficient (Wildman–Crippen LogP) is 1.07. The Hall–Kier alpha value is -3.67. The summed E-state index contributed by atoms with van der Waals surface area (Å²) in [5.74, 6) is -1.14. The summed E-state index contributed by atoms with van der Waals surface area (Å²) in [5.41, 5.74) is 2.62. The number of benzene rings is 2. The predicted molar refractivity (Wildman–Crippen MR) is 166 cm³/mol. The average Bonchev–Trinajstić information content (AvgIpc) is 3.28. The fraction of sp³-hybridized carbons (Fsp3) is 0.531. The van der Waals surface area contributed by atoms with Gasteiger partial charge in [0.05, 0.1) is 6.04 Å². The van der Waals surface area contributed by atoms with Gasteiger partial charge in [-0.25, -0.2) is 0 Å². The van der Waals surface area contributed by atoms with Crippen molar-refractivity contribution in [1.82, 2.24) is 31.9 Å². The van der Waals surface area contributed by atoms with Crippen molar-refractivity contribution in [2.75, 3.05) is 33.7 Å². The van der Waals surface area contributed by atoms with E-state index in [1.165, 1.54) is 0 Å². The highest BCUT2D eigenvalue weighted by Gasteiger charge is 2.30. The lowest BCUT2D eigenvalue weighted by molar-refractivity contribution is -0.132. The average molecular weight is 595 g/mol. The molecule has 234 valence electrons. The molecule has 3 amide bonds. The molecule has 2 aliphatic heterocycles. The second-order valence-corrected chi connectivity index (χ2v) is 11.6. The molecule has 2 aromatic carbocycles. The van der Waals surface area contributed by atoms with Gasteiger partial charge in [-0.05, 0) is 99.4 Å². The van der Waals surface area contributed by atoms with E-state index in [1.54, 1.807) is 37.4 Å². The van der Waals surface area contributed by atoms with Gasteiger partial charge in [-0.3, -0.25) is 14.4 Å². The van der Waals surface area contributed by atoms with Crippen LogP contribution in [0.2, 0.25) is 0 Å². The summed E-state index contributed by atoms with van der Waals surface area (Å²) in [7, 11) is 3.47. The number of carbonyl (C=O) groups excluding carboxylic acids is 3. The van der Waals surface area contributed by atoms with Gasteiger partial charge in [0.2, 0.25) is 17.7 Å². The van der Waals surface area contributed by atoms with Crippen LogP contribution in [-0.2, 0) is 27.2 Å². The van der Waals surface area contributed by atoms with E-state index in [2.05, 4.69) is 31.9 Å². The number of hydrogen-bond acceptors (Lipinski definition) is 8. The summed E-state index contributed by atoms with van der Waals surface area (Å²) >= 11 is 0. The second-order valence-electron chi connectivity index (χ2n) is 11.6. The van der Waals surface area contributed by atoms with Gasteiger partial charge in [-0.1, -0.05) is 25.0 Å². The number of phenolic OH excluding ortho intramolecular Hbond substituents is 2. The van der Waals surface area contributed by atoms with Crippen molar-refractivity contribution < 1.29 is 24.6 Å². The standard InChI is InChI=1S/C32H46N6O5/c1-33-13-6-8-25-31(42)38-27(30(41)36-19-24-7-4-3-5-14-35-24)18-23-16-21(10-12-29(23)40)20-9-11-28(39)22(15-20)17-26(34-2)32(43)37-25/h9-12,15-16,24-27,33-35,39-40H,3-8,13-14,17-19H2,1-2H3,(H,36,41)(H,37,43)(H,38,42)/t24?,25-,26-,27-/m0/s1. The second kappa shape index (κ2) is 15.7. The summed E-state index contributed by atoms with van der Waals surface area (Å²) in [6.45, 7) is 1.98. The summed E-state index contributed by atoms with van der Waals surface area (Å²) in [4.78, 5) is 40.7. The molecule has 0 spiro atoms. The molecule has 2 aliphatic rings. The first-order valence-electron chi connectivity index (χ1n) is 15.4. The highest BCUT2D eigenvalue weighted by molar-refractivity contribution is 5.93. The van der Waals surface area contributed by atoms with Crippen molar-refractivity contribution in [2.45, 2.75) is 75.5 Å². The van der Waals surface area contributed by atoms with Crippen molar-refractivity contribution in [3.63, 3.8) is 0 Å². The van der Waals surface area contributed by atoms with Crippen LogP contribution in [0, 0.1) is 0 Å². The Labute approximate surface area is 253 Å². The van der Waals surface area contributed by atoms with Crippen molar-refractivity contribution in [3.05, 3.63) is 47.5 Å². The molecule has 11 nitrogen and oxygen atoms in total. The normalized spacial score (nSPS) is 23.2. The summed E-state index contributed by atoms with van der Waals surface area (Å²) in [6, 6.07) is 7.87. The third kappa shape index (κ3) is 8.92. The van der Waals surface area contributed by atoms with Crippen LogP contribution in [-0.4, -0.2) is 85.8 Å². The first-order chi connectivity index (χ1) is 20.8. The Morgan fingerprint density at radius 2 is 1.60 bits per heavy atom. The lowest BCUT2D eigenvalue weighted by Gasteiger charge is -2.26. The summed E-state index contributed by atoms with van der Waals surface area (Å²) < 4.78 is 0. The monoisotopic (exact) mass is 594 g/mol. The molecule has 0 radical (unpaired) electrons. The van der Waals surface area contributed by atoms with Crippen LogP contribution in [0.25, 0.3) is 11.1 Å². The third-order valence-corrected chi connectivity index (χ3v) is 8.38. The van der Waals surface area contributed by atoms with E-state index >= 15 is 0 Å². The van der Waals surface area contributed by atoms with Crippen LogP contribution in [0.5, 0.6) is 11.5 Å². The van der Waals surface area contributed by atoms with Gasteiger partial charge in [0.15, 0.2) is 0 Å². The minimum atomic E-state index is -0.983. The summed E-state index contributed by atoms with van der Waals surface area (Å²) in [5, 5.41) is 39.7. The van der Waals surface area contributed by atoms with Crippen LogP contribution in [0.15, 0.2) is 36.4 Å². The number of hydrogen-bond donors (Lipinski definition) is 8. The first kappa shape index (κ1) is 32.2. The Morgan fingerprint density at radius 3 is 2.28 bits per heavy atom. The molecule has 1 unspecified atom stereocenters. The molecule has 8 N–H and O–H groups in total. The molecule has 4 atom stereocenters. The zero-order valence-corrected chi connectivity index (χ0v) is 25.2. The maximum atomic E-state index is 13.7. The van der Waals surface area contributed by atoms with Gasteiger partial charge >= 0.3 is 0 Å². The number of phenols is 2. The van der Waals surface area contributed by atoms with Gasteiger partial charge in [0.1, 0.15) is 23.6 Å². The lowest BCUT2D eigenvalue weighted by atomic mass is 9.95. The van der Waals surface area contributed by atoms with Crippen LogP contribution < -0.4 is 31.9 Å². The van der Waals surface area contributed by atoms with Gasteiger partial charge in [0, 0.05) is 25.4 Å². The highest BCUT2D eigenvalue weighted by Crippen LogP contribution is 2.31. The quantitative estimate of drug-likeness (QED) is 0.210. The minimum Gasteiger partial charge on any atom is -0.508 e. The molecule has 2 heterocycles. The number of rotatable bonds is 8. The Morgan fingerprint density at radius 1 is 0.907 bits per heavy atom.